The van der Waals surface area contributed by atoms with Crippen LogP contribution in [0.2, 0.25) is 0 Å². The van der Waals surface area contributed by atoms with Gasteiger partial charge in [0.2, 0.25) is 0 Å². The number of likely N-dealkylation sites (N-methyl/N-ethyl adjacent to an activating group) is 2. The van der Waals surface area contributed by atoms with Crippen molar-refractivity contribution in [2.24, 2.45) is 5.92 Å². The molecule has 3 fully saturated rings. The smallest absolute Gasteiger partial charge is 0.317 e. The van der Waals surface area contributed by atoms with E-state index in [4.69, 9.17) is 9.47 Å². The number of nitrogens with zero attached hydrogens (tertiary/aromatic N) is 3. The molecule has 0 unspecified atom stereocenters. The fourth-order valence-electron chi connectivity index (χ4n) is 5.45. The molecule has 2 saturated heterocycles. The van der Waals surface area contributed by atoms with Gasteiger partial charge in [0.25, 0.3) is 0 Å². The number of amides is 2. The van der Waals surface area contributed by atoms with Crippen molar-refractivity contribution >= 4 is 6.03 Å². The molecule has 1 aliphatic carbocycles. The van der Waals surface area contributed by atoms with Crippen molar-refractivity contribution in [2.45, 2.75) is 70.7 Å². The molecule has 1 N–H and O–H groups in total. The first-order chi connectivity index (χ1) is 14.0. The standard InChI is InChI=1S/C22H42N4O3/c1-5-10-26-17-19(23-21(27)24(4)11-12-25(6-2)7-3)15-18-16-22(9-8-20(18)26)28-13-14-29-22/h18-20H,5-17H2,1-4H3,(H,23,27)/t18-,19+,20-/m1/s1. The zero-order valence-corrected chi connectivity index (χ0v) is 19.0. The SMILES string of the molecule is CCCN1C[C@@H](NC(=O)N(C)CCN(CC)CC)C[C@@H]2CC3(CC[C@H]21)OCCO3. The molecule has 3 rings (SSSR count). The second kappa shape index (κ2) is 10.4. The molecule has 0 aromatic heterocycles. The van der Waals surface area contributed by atoms with Crippen molar-refractivity contribution in [3.8, 4) is 0 Å². The van der Waals surface area contributed by atoms with Gasteiger partial charge in [0.05, 0.1) is 13.2 Å². The van der Waals surface area contributed by atoms with Crippen LogP contribution in [-0.4, -0.2) is 98.1 Å². The Bertz CT molecular complexity index is 522. The van der Waals surface area contributed by atoms with Crippen LogP contribution in [0.4, 0.5) is 4.79 Å². The molecule has 1 spiro atoms. The lowest BCUT2D eigenvalue weighted by atomic mass is 9.74. The summed E-state index contributed by atoms with van der Waals surface area (Å²) in [5, 5.41) is 3.32. The van der Waals surface area contributed by atoms with E-state index in [1.807, 2.05) is 11.9 Å². The quantitative estimate of drug-likeness (QED) is 0.666. The van der Waals surface area contributed by atoms with Crippen LogP contribution < -0.4 is 5.32 Å². The van der Waals surface area contributed by atoms with E-state index in [9.17, 15) is 4.79 Å². The van der Waals surface area contributed by atoms with E-state index in [-0.39, 0.29) is 17.9 Å². The predicted octanol–water partition coefficient (Wildman–Crippen LogP) is 2.37. The number of ether oxygens (including phenoxy) is 2. The van der Waals surface area contributed by atoms with E-state index in [0.717, 1.165) is 71.4 Å². The maximum Gasteiger partial charge on any atom is 0.317 e. The Hall–Kier alpha value is -0.890. The van der Waals surface area contributed by atoms with Gasteiger partial charge >= 0.3 is 6.03 Å². The molecule has 2 amide bonds. The van der Waals surface area contributed by atoms with Crippen LogP contribution in [0.1, 0.15) is 52.9 Å². The number of hydrogen-bond donors (Lipinski definition) is 1. The summed E-state index contributed by atoms with van der Waals surface area (Å²) in [7, 11) is 1.91. The number of carbonyl (C=O) groups is 1. The second-order valence-corrected chi connectivity index (χ2v) is 9.00. The zero-order chi connectivity index (χ0) is 20.9. The van der Waals surface area contributed by atoms with E-state index in [0.29, 0.717) is 25.2 Å². The maximum absolute atomic E-state index is 12.8. The fourth-order valence-corrected chi connectivity index (χ4v) is 5.45. The first-order valence-corrected chi connectivity index (χ1v) is 11.8. The molecular weight excluding hydrogens is 368 g/mol. The third-order valence-corrected chi connectivity index (χ3v) is 7.09. The van der Waals surface area contributed by atoms with Gasteiger partial charge in [-0.3, -0.25) is 4.90 Å². The van der Waals surface area contributed by atoms with Crippen LogP contribution in [0.15, 0.2) is 0 Å². The molecule has 7 nitrogen and oxygen atoms in total. The van der Waals surface area contributed by atoms with Crippen molar-refractivity contribution in [3.05, 3.63) is 0 Å². The third-order valence-electron chi connectivity index (χ3n) is 7.09. The van der Waals surface area contributed by atoms with E-state index in [1.54, 1.807) is 0 Å². The number of carbonyl (C=O) groups excluding carboxylic acids is 1. The Morgan fingerprint density at radius 1 is 1.17 bits per heavy atom. The number of likely N-dealkylation sites (tertiary alicyclic amines) is 1. The Morgan fingerprint density at radius 2 is 1.90 bits per heavy atom. The highest BCUT2D eigenvalue weighted by atomic mass is 16.7. The Labute approximate surface area is 177 Å². The summed E-state index contributed by atoms with van der Waals surface area (Å²) in [5.41, 5.74) is 0. The average molecular weight is 411 g/mol. The minimum Gasteiger partial charge on any atom is -0.348 e. The summed E-state index contributed by atoms with van der Waals surface area (Å²) in [6.07, 6.45) is 5.26. The van der Waals surface area contributed by atoms with Crippen LogP contribution >= 0.6 is 0 Å². The lowest BCUT2D eigenvalue weighted by Gasteiger charge is -2.51. The van der Waals surface area contributed by atoms with Gasteiger partial charge in [-0.1, -0.05) is 20.8 Å². The number of hydrogen-bond acceptors (Lipinski definition) is 5. The highest BCUT2D eigenvalue weighted by molar-refractivity contribution is 5.74. The summed E-state index contributed by atoms with van der Waals surface area (Å²) in [6.45, 7) is 13.8. The highest BCUT2D eigenvalue weighted by Gasteiger charge is 2.49. The van der Waals surface area contributed by atoms with Crippen LogP contribution in [-0.2, 0) is 9.47 Å². The normalized spacial score (nSPS) is 29.2. The Morgan fingerprint density at radius 3 is 2.55 bits per heavy atom. The van der Waals surface area contributed by atoms with Gasteiger partial charge < -0.3 is 24.6 Å². The Kier molecular flexibility index (Phi) is 8.19. The molecule has 1 saturated carbocycles. The molecule has 2 heterocycles. The number of rotatable bonds is 8. The summed E-state index contributed by atoms with van der Waals surface area (Å²) < 4.78 is 12.0. The van der Waals surface area contributed by atoms with Gasteiger partial charge in [0, 0.05) is 51.6 Å². The van der Waals surface area contributed by atoms with Crippen LogP contribution in [0, 0.1) is 5.92 Å². The van der Waals surface area contributed by atoms with Crippen molar-refractivity contribution in [3.63, 3.8) is 0 Å². The minimum absolute atomic E-state index is 0.0518. The van der Waals surface area contributed by atoms with Gasteiger partial charge in [0.15, 0.2) is 5.79 Å². The van der Waals surface area contributed by atoms with E-state index in [1.165, 1.54) is 0 Å². The number of urea groups is 1. The molecule has 0 radical (unpaired) electrons. The second-order valence-electron chi connectivity index (χ2n) is 9.00. The van der Waals surface area contributed by atoms with Gasteiger partial charge in [-0.2, -0.15) is 0 Å². The van der Waals surface area contributed by atoms with Crippen molar-refractivity contribution in [1.29, 1.82) is 0 Å². The Balaban J connectivity index is 1.56. The molecular formula is C22H42N4O3. The minimum atomic E-state index is -0.356. The van der Waals surface area contributed by atoms with Gasteiger partial charge in [0.1, 0.15) is 0 Å². The summed E-state index contributed by atoms with van der Waals surface area (Å²) in [6, 6.07) is 0.848. The molecule has 29 heavy (non-hydrogen) atoms. The molecule has 3 aliphatic rings. The first kappa shape index (κ1) is 22.8. The van der Waals surface area contributed by atoms with Gasteiger partial charge in [-0.15, -0.1) is 0 Å². The molecule has 7 heteroatoms. The van der Waals surface area contributed by atoms with Gasteiger partial charge in [-0.05, 0) is 44.8 Å². The number of piperidine rings is 1. The zero-order valence-electron chi connectivity index (χ0n) is 19.0. The van der Waals surface area contributed by atoms with Crippen molar-refractivity contribution < 1.29 is 14.3 Å². The molecule has 168 valence electrons. The van der Waals surface area contributed by atoms with E-state index < -0.39 is 0 Å². The van der Waals surface area contributed by atoms with Crippen molar-refractivity contribution in [2.75, 3.05) is 59.5 Å². The fraction of sp³-hybridized carbons (Fsp3) is 0.955. The highest BCUT2D eigenvalue weighted by Crippen LogP contribution is 2.44. The number of nitrogens with one attached hydrogen (secondary N) is 1. The first-order valence-electron chi connectivity index (χ1n) is 11.8. The molecule has 0 aromatic carbocycles. The monoisotopic (exact) mass is 410 g/mol. The number of fused-ring (bicyclic) bond motifs is 1. The topological polar surface area (TPSA) is 57.3 Å². The molecule has 0 aromatic rings. The van der Waals surface area contributed by atoms with Crippen LogP contribution in [0.5, 0.6) is 0 Å². The van der Waals surface area contributed by atoms with Gasteiger partial charge in [-0.25, -0.2) is 4.79 Å². The average Bonchev–Trinajstić information content (AvgIpc) is 3.16. The molecule has 3 atom stereocenters. The predicted molar refractivity (Wildman–Crippen MR) is 115 cm³/mol. The van der Waals surface area contributed by atoms with E-state index in [2.05, 4.69) is 35.9 Å². The summed E-state index contributed by atoms with van der Waals surface area (Å²) in [5.74, 6) is 0.166. The molecule has 2 aliphatic heterocycles. The molecule has 0 bridgehead atoms. The lowest BCUT2D eigenvalue weighted by molar-refractivity contribution is -0.201. The maximum atomic E-state index is 12.8. The van der Waals surface area contributed by atoms with E-state index >= 15 is 0 Å². The van der Waals surface area contributed by atoms with Crippen LogP contribution in [0.25, 0.3) is 0 Å². The lowest BCUT2D eigenvalue weighted by Crippen LogP contribution is -2.60. The summed E-state index contributed by atoms with van der Waals surface area (Å²) in [4.78, 5) is 19.6. The largest absolute Gasteiger partial charge is 0.348 e. The third kappa shape index (κ3) is 5.63. The van der Waals surface area contributed by atoms with Crippen molar-refractivity contribution in [1.82, 2.24) is 20.0 Å². The van der Waals surface area contributed by atoms with Crippen LogP contribution in [0.3, 0.4) is 0 Å². The summed E-state index contributed by atoms with van der Waals surface area (Å²) >= 11 is 0.